The monoisotopic (exact) mass is 434 g/mol. The molecule has 1 saturated heterocycles. The largest absolute Gasteiger partial charge is 0.497 e. The van der Waals surface area contributed by atoms with Crippen molar-refractivity contribution in [1.82, 2.24) is 0 Å². The van der Waals surface area contributed by atoms with E-state index in [0.717, 1.165) is 35.0 Å². The average Bonchev–Trinajstić information content (AvgIpc) is 3.04. The number of benzene rings is 1. The van der Waals surface area contributed by atoms with Crippen LogP contribution in [0.25, 0.3) is 0 Å². The minimum atomic E-state index is -0.419. The minimum absolute atomic E-state index is 0.0166. The first kappa shape index (κ1) is 19.0. The molecule has 23 heavy (non-hydrogen) atoms. The highest BCUT2D eigenvalue weighted by Crippen LogP contribution is 2.33. The molecule has 0 bridgehead atoms. The summed E-state index contributed by atoms with van der Waals surface area (Å²) in [7, 11) is 1.67. The summed E-state index contributed by atoms with van der Waals surface area (Å²) in [4.78, 5) is 0. The van der Waals surface area contributed by atoms with Crippen molar-refractivity contribution in [3.05, 3.63) is 29.8 Å². The fourth-order valence-electron chi connectivity index (χ4n) is 2.79. The van der Waals surface area contributed by atoms with Gasteiger partial charge in [-0.3, -0.25) is 0 Å². The van der Waals surface area contributed by atoms with Crippen molar-refractivity contribution >= 4 is 22.6 Å². The summed E-state index contributed by atoms with van der Waals surface area (Å²) >= 11 is 2.39. The van der Waals surface area contributed by atoms with Gasteiger partial charge >= 0.3 is 0 Å². The number of hydrogen-bond donors (Lipinski definition) is 0. The molecular formula is C18H27IO4. The molecule has 0 radical (unpaired) electrons. The van der Waals surface area contributed by atoms with Gasteiger partial charge in [0.05, 0.1) is 26.4 Å². The molecule has 0 N–H and O–H groups in total. The molecule has 1 aliphatic heterocycles. The molecule has 0 amide bonds. The van der Waals surface area contributed by atoms with Crippen LogP contribution < -0.4 is 4.74 Å². The van der Waals surface area contributed by atoms with E-state index in [4.69, 9.17) is 18.9 Å². The molecule has 2 atom stereocenters. The van der Waals surface area contributed by atoms with E-state index >= 15 is 0 Å². The number of alkyl halides is 1. The van der Waals surface area contributed by atoms with E-state index in [1.54, 1.807) is 7.11 Å². The number of rotatable bonds is 9. The van der Waals surface area contributed by atoms with E-state index in [-0.39, 0.29) is 12.2 Å². The Hall–Kier alpha value is -0.370. The minimum Gasteiger partial charge on any atom is -0.497 e. The molecule has 5 heteroatoms. The first-order chi connectivity index (χ1) is 11.2. The second-order valence-corrected chi connectivity index (χ2v) is 6.84. The Morgan fingerprint density at radius 2 is 1.96 bits per heavy atom. The smallest absolute Gasteiger partial charge is 0.168 e. The molecule has 1 aliphatic rings. The Kier molecular flexibility index (Phi) is 7.59. The van der Waals surface area contributed by atoms with Crippen LogP contribution >= 0.6 is 22.6 Å². The lowest BCUT2D eigenvalue weighted by Crippen LogP contribution is -2.35. The molecule has 0 unspecified atom stereocenters. The Labute approximate surface area is 153 Å². The van der Waals surface area contributed by atoms with Crippen LogP contribution in [0.1, 0.15) is 38.7 Å². The molecule has 0 aliphatic carbocycles. The Balaban J connectivity index is 1.93. The summed E-state index contributed by atoms with van der Waals surface area (Å²) in [6, 6.07) is 7.99. The van der Waals surface area contributed by atoms with Gasteiger partial charge in [0.15, 0.2) is 5.79 Å². The highest BCUT2D eigenvalue weighted by atomic mass is 127. The normalized spacial score (nSPS) is 21.3. The zero-order valence-electron chi connectivity index (χ0n) is 14.2. The molecule has 0 aromatic heterocycles. The van der Waals surface area contributed by atoms with E-state index in [2.05, 4.69) is 36.4 Å². The van der Waals surface area contributed by atoms with Gasteiger partial charge < -0.3 is 18.9 Å². The molecule has 1 aromatic carbocycles. The number of ether oxygens (including phenoxy) is 4. The molecule has 1 fully saturated rings. The Morgan fingerprint density at radius 1 is 1.26 bits per heavy atom. The maximum Gasteiger partial charge on any atom is 0.168 e. The third-order valence-electron chi connectivity index (χ3n) is 4.39. The van der Waals surface area contributed by atoms with Crippen LogP contribution in [0.3, 0.4) is 0 Å². The van der Waals surface area contributed by atoms with E-state index in [9.17, 15) is 0 Å². The van der Waals surface area contributed by atoms with Gasteiger partial charge in [-0.1, -0.05) is 48.6 Å². The van der Waals surface area contributed by atoms with E-state index in [0.29, 0.717) is 13.2 Å². The fourth-order valence-corrected chi connectivity index (χ4v) is 3.40. The molecule has 0 spiro atoms. The number of methoxy groups -OCH3 is 1. The van der Waals surface area contributed by atoms with Gasteiger partial charge in [-0.15, -0.1) is 0 Å². The van der Waals surface area contributed by atoms with Gasteiger partial charge in [0.25, 0.3) is 0 Å². The van der Waals surface area contributed by atoms with Crippen LogP contribution in [0, 0.1) is 0 Å². The van der Waals surface area contributed by atoms with Gasteiger partial charge in [-0.25, -0.2) is 0 Å². The quantitative estimate of drug-likeness (QED) is 0.428. The standard InChI is InChI=1S/C18H27IO4/c1-4-18(5-2)22-13-17(23-18)16(10-11-19)21-12-14-6-8-15(20-3)9-7-14/h6-9,16-17H,4-5,10-13H2,1-3H3/t16-,17-/m1/s1. The first-order valence-electron chi connectivity index (χ1n) is 8.28. The van der Waals surface area contributed by atoms with Gasteiger partial charge in [0.1, 0.15) is 11.9 Å². The average molecular weight is 434 g/mol. The van der Waals surface area contributed by atoms with Crippen molar-refractivity contribution < 1.29 is 18.9 Å². The SMILES string of the molecule is CCC1(CC)OC[C@H]([C@@H](CCI)OCc2ccc(OC)cc2)O1. The molecule has 1 heterocycles. The van der Waals surface area contributed by atoms with E-state index in [1.165, 1.54) is 0 Å². The van der Waals surface area contributed by atoms with Crippen molar-refractivity contribution in [3.63, 3.8) is 0 Å². The summed E-state index contributed by atoms with van der Waals surface area (Å²) in [5.41, 5.74) is 1.14. The summed E-state index contributed by atoms with van der Waals surface area (Å²) in [6.07, 6.45) is 2.79. The number of halogens is 1. The summed E-state index contributed by atoms with van der Waals surface area (Å²) in [5, 5.41) is 0. The Morgan fingerprint density at radius 3 is 2.48 bits per heavy atom. The maximum atomic E-state index is 6.22. The second kappa shape index (κ2) is 9.20. The molecule has 1 aromatic rings. The summed E-state index contributed by atoms with van der Waals surface area (Å²) in [5.74, 6) is 0.443. The van der Waals surface area contributed by atoms with Gasteiger partial charge in [-0.2, -0.15) is 0 Å². The van der Waals surface area contributed by atoms with Crippen LogP contribution in [0.2, 0.25) is 0 Å². The first-order valence-corrected chi connectivity index (χ1v) is 9.81. The fraction of sp³-hybridized carbons (Fsp3) is 0.667. The third-order valence-corrected chi connectivity index (χ3v) is 5.01. The van der Waals surface area contributed by atoms with Crippen molar-refractivity contribution in [2.24, 2.45) is 0 Å². The summed E-state index contributed by atoms with van der Waals surface area (Å²) in [6.45, 7) is 5.41. The van der Waals surface area contributed by atoms with Crippen LogP contribution in [0.15, 0.2) is 24.3 Å². The molecule has 4 nitrogen and oxygen atoms in total. The lowest BCUT2D eigenvalue weighted by Gasteiger charge is -2.27. The summed E-state index contributed by atoms with van der Waals surface area (Å²) < 4.78 is 24.5. The third kappa shape index (κ3) is 5.05. The topological polar surface area (TPSA) is 36.9 Å². The Bertz CT molecular complexity index is 459. The van der Waals surface area contributed by atoms with Crippen LogP contribution in [0.4, 0.5) is 0 Å². The van der Waals surface area contributed by atoms with Crippen molar-refractivity contribution in [3.8, 4) is 5.75 Å². The van der Waals surface area contributed by atoms with Gasteiger partial charge in [-0.05, 0) is 37.0 Å². The molecule has 2 rings (SSSR count). The maximum absolute atomic E-state index is 6.22. The molecule has 130 valence electrons. The van der Waals surface area contributed by atoms with Crippen molar-refractivity contribution in [2.75, 3.05) is 18.1 Å². The van der Waals surface area contributed by atoms with E-state index in [1.807, 2.05) is 24.3 Å². The zero-order valence-corrected chi connectivity index (χ0v) is 16.4. The predicted octanol–water partition coefficient (Wildman–Crippen LogP) is 4.34. The van der Waals surface area contributed by atoms with E-state index < -0.39 is 5.79 Å². The lowest BCUT2D eigenvalue weighted by molar-refractivity contribution is -0.186. The second-order valence-electron chi connectivity index (χ2n) is 5.76. The highest BCUT2D eigenvalue weighted by molar-refractivity contribution is 14.1. The van der Waals surface area contributed by atoms with Crippen LogP contribution in [-0.2, 0) is 20.8 Å². The highest BCUT2D eigenvalue weighted by Gasteiger charge is 2.41. The zero-order chi connectivity index (χ0) is 16.7. The van der Waals surface area contributed by atoms with Crippen molar-refractivity contribution in [1.29, 1.82) is 0 Å². The predicted molar refractivity (Wildman–Crippen MR) is 99.2 cm³/mol. The molecular weight excluding hydrogens is 407 g/mol. The number of hydrogen-bond acceptors (Lipinski definition) is 4. The lowest BCUT2D eigenvalue weighted by atomic mass is 10.1. The van der Waals surface area contributed by atoms with Crippen LogP contribution in [-0.4, -0.2) is 36.1 Å². The van der Waals surface area contributed by atoms with Gasteiger partial charge in [0, 0.05) is 4.43 Å². The van der Waals surface area contributed by atoms with Gasteiger partial charge in [0.2, 0.25) is 0 Å². The molecule has 0 saturated carbocycles. The van der Waals surface area contributed by atoms with Crippen LogP contribution in [0.5, 0.6) is 5.75 Å². The van der Waals surface area contributed by atoms with Crippen molar-refractivity contribution in [2.45, 2.75) is 57.7 Å².